The van der Waals surface area contributed by atoms with Crippen molar-refractivity contribution < 1.29 is 22.3 Å². The molecule has 7 nitrogen and oxygen atoms in total. The van der Waals surface area contributed by atoms with Crippen molar-refractivity contribution in [3.8, 4) is 0 Å². The summed E-state index contributed by atoms with van der Waals surface area (Å²) in [5.41, 5.74) is 1.11. The standard InChI is InChI=1S/C14H16N2O5S/c17-22(18,11-1-2-12-13(9-11)19-10-15-12)16-5-3-14(4-6-16)20-7-8-21-14/h1-2,9-10H,3-8H2. The number of sulfonamides is 1. The summed E-state index contributed by atoms with van der Waals surface area (Å²) in [6.45, 7) is 1.93. The van der Waals surface area contributed by atoms with Crippen LogP contribution in [0.15, 0.2) is 33.9 Å². The summed E-state index contributed by atoms with van der Waals surface area (Å²) >= 11 is 0. The molecule has 0 amide bonds. The monoisotopic (exact) mass is 324 g/mol. The van der Waals surface area contributed by atoms with E-state index in [1.54, 1.807) is 12.1 Å². The summed E-state index contributed by atoms with van der Waals surface area (Å²) < 4.78 is 43.4. The Morgan fingerprint density at radius 1 is 1.14 bits per heavy atom. The predicted molar refractivity (Wildman–Crippen MR) is 76.6 cm³/mol. The van der Waals surface area contributed by atoms with Gasteiger partial charge in [-0.2, -0.15) is 4.31 Å². The molecule has 0 bridgehead atoms. The molecule has 0 aliphatic carbocycles. The average Bonchev–Trinajstić information content (AvgIpc) is 3.16. The minimum absolute atomic E-state index is 0.223. The van der Waals surface area contributed by atoms with Gasteiger partial charge in [-0.1, -0.05) is 0 Å². The third-order valence-electron chi connectivity index (χ3n) is 4.24. The van der Waals surface area contributed by atoms with E-state index in [0.29, 0.717) is 50.2 Å². The Hall–Kier alpha value is -1.48. The van der Waals surface area contributed by atoms with Gasteiger partial charge in [0.1, 0.15) is 5.52 Å². The largest absolute Gasteiger partial charge is 0.443 e. The van der Waals surface area contributed by atoms with E-state index < -0.39 is 15.8 Å². The number of piperidine rings is 1. The summed E-state index contributed by atoms with van der Waals surface area (Å²) in [5, 5.41) is 0. The van der Waals surface area contributed by atoms with Gasteiger partial charge in [0, 0.05) is 32.0 Å². The van der Waals surface area contributed by atoms with Crippen molar-refractivity contribution in [1.29, 1.82) is 0 Å². The van der Waals surface area contributed by atoms with Crippen molar-refractivity contribution in [2.75, 3.05) is 26.3 Å². The zero-order valence-electron chi connectivity index (χ0n) is 11.9. The average molecular weight is 324 g/mol. The second-order valence-corrected chi connectivity index (χ2v) is 7.43. The van der Waals surface area contributed by atoms with Crippen LogP contribution in [0.5, 0.6) is 0 Å². The molecule has 2 fully saturated rings. The number of hydrogen-bond donors (Lipinski definition) is 0. The number of fused-ring (bicyclic) bond motifs is 1. The molecule has 22 heavy (non-hydrogen) atoms. The van der Waals surface area contributed by atoms with Crippen molar-refractivity contribution >= 4 is 21.1 Å². The van der Waals surface area contributed by atoms with E-state index in [2.05, 4.69) is 4.98 Å². The second-order valence-electron chi connectivity index (χ2n) is 5.49. The Balaban J connectivity index is 1.58. The molecule has 1 aromatic carbocycles. The fourth-order valence-electron chi connectivity index (χ4n) is 3.00. The highest BCUT2D eigenvalue weighted by Gasteiger charge is 2.42. The maximum atomic E-state index is 12.7. The normalized spacial score (nSPS) is 22.5. The van der Waals surface area contributed by atoms with Crippen LogP contribution in [0.4, 0.5) is 0 Å². The van der Waals surface area contributed by atoms with E-state index >= 15 is 0 Å². The van der Waals surface area contributed by atoms with Crippen LogP contribution in [0.25, 0.3) is 11.1 Å². The predicted octanol–water partition coefficient (Wildman–Crippen LogP) is 1.36. The first kappa shape index (κ1) is 14.1. The van der Waals surface area contributed by atoms with E-state index in [0.717, 1.165) is 0 Å². The fourth-order valence-corrected chi connectivity index (χ4v) is 4.46. The van der Waals surface area contributed by atoms with E-state index in [-0.39, 0.29) is 4.90 Å². The molecule has 8 heteroatoms. The Morgan fingerprint density at radius 3 is 2.59 bits per heavy atom. The molecule has 2 aromatic rings. The lowest BCUT2D eigenvalue weighted by Gasteiger charge is -2.36. The van der Waals surface area contributed by atoms with Crippen LogP contribution in [0.2, 0.25) is 0 Å². The van der Waals surface area contributed by atoms with Gasteiger partial charge in [-0.05, 0) is 12.1 Å². The highest BCUT2D eigenvalue weighted by molar-refractivity contribution is 7.89. The molecule has 3 heterocycles. The summed E-state index contributed by atoms with van der Waals surface area (Å²) in [7, 11) is -3.54. The first-order valence-corrected chi connectivity index (χ1v) is 8.64. The Morgan fingerprint density at radius 2 is 1.86 bits per heavy atom. The highest BCUT2D eigenvalue weighted by Crippen LogP contribution is 2.33. The number of nitrogens with zero attached hydrogens (tertiary/aromatic N) is 2. The molecule has 2 saturated heterocycles. The molecule has 0 radical (unpaired) electrons. The third-order valence-corrected chi connectivity index (χ3v) is 6.13. The van der Waals surface area contributed by atoms with Crippen molar-refractivity contribution in [2.24, 2.45) is 0 Å². The number of oxazole rings is 1. The van der Waals surface area contributed by atoms with Crippen molar-refractivity contribution in [3.05, 3.63) is 24.6 Å². The topological polar surface area (TPSA) is 81.9 Å². The van der Waals surface area contributed by atoms with Gasteiger partial charge in [-0.3, -0.25) is 0 Å². The van der Waals surface area contributed by atoms with Gasteiger partial charge in [0.25, 0.3) is 0 Å². The van der Waals surface area contributed by atoms with E-state index in [4.69, 9.17) is 13.9 Å². The molecule has 2 aliphatic heterocycles. The lowest BCUT2D eigenvalue weighted by atomic mass is 10.1. The number of benzene rings is 1. The maximum absolute atomic E-state index is 12.7. The number of aromatic nitrogens is 1. The molecule has 1 spiro atoms. The first-order chi connectivity index (χ1) is 10.6. The quantitative estimate of drug-likeness (QED) is 0.829. The van der Waals surface area contributed by atoms with Gasteiger partial charge in [0.05, 0.1) is 18.1 Å². The van der Waals surface area contributed by atoms with Gasteiger partial charge >= 0.3 is 0 Å². The molecule has 0 atom stereocenters. The molecule has 1 aromatic heterocycles. The summed E-state index contributed by atoms with van der Waals surface area (Å²) in [6.07, 6.45) is 2.41. The lowest BCUT2D eigenvalue weighted by molar-refractivity contribution is -0.179. The van der Waals surface area contributed by atoms with Crippen LogP contribution in [-0.2, 0) is 19.5 Å². The van der Waals surface area contributed by atoms with Crippen LogP contribution in [0.1, 0.15) is 12.8 Å². The molecule has 0 saturated carbocycles. The number of ether oxygens (including phenoxy) is 2. The highest BCUT2D eigenvalue weighted by atomic mass is 32.2. The summed E-state index contributed by atoms with van der Waals surface area (Å²) in [4.78, 5) is 4.22. The zero-order chi connectivity index (χ0) is 15.2. The SMILES string of the molecule is O=S(=O)(c1ccc2ncoc2c1)N1CCC2(CC1)OCCO2. The zero-order valence-corrected chi connectivity index (χ0v) is 12.7. The molecular weight excluding hydrogens is 308 g/mol. The molecule has 0 unspecified atom stereocenters. The van der Waals surface area contributed by atoms with Crippen molar-refractivity contribution in [3.63, 3.8) is 0 Å². The van der Waals surface area contributed by atoms with Gasteiger partial charge in [-0.25, -0.2) is 13.4 Å². The molecule has 2 aliphatic rings. The van der Waals surface area contributed by atoms with Crippen LogP contribution in [0, 0.1) is 0 Å². The van der Waals surface area contributed by atoms with Crippen LogP contribution in [-0.4, -0.2) is 49.8 Å². The van der Waals surface area contributed by atoms with E-state index in [9.17, 15) is 8.42 Å². The summed E-state index contributed by atoms with van der Waals surface area (Å²) in [6, 6.07) is 4.73. The van der Waals surface area contributed by atoms with Crippen LogP contribution in [0.3, 0.4) is 0 Å². The maximum Gasteiger partial charge on any atom is 0.243 e. The molecule has 0 N–H and O–H groups in total. The Labute approximate surface area is 127 Å². The van der Waals surface area contributed by atoms with Crippen molar-refractivity contribution in [1.82, 2.24) is 9.29 Å². The van der Waals surface area contributed by atoms with Crippen LogP contribution < -0.4 is 0 Å². The van der Waals surface area contributed by atoms with Gasteiger partial charge in [-0.15, -0.1) is 0 Å². The number of rotatable bonds is 2. The molecule has 4 rings (SSSR count). The van der Waals surface area contributed by atoms with E-state index in [1.165, 1.54) is 16.8 Å². The third kappa shape index (κ3) is 2.23. The second kappa shape index (κ2) is 5.02. The summed E-state index contributed by atoms with van der Waals surface area (Å²) in [5.74, 6) is -0.582. The first-order valence-electron chi connectivity index (χ1n) is 7.20. The van der Waals surface area contributed by atoms with E-state index in [1.807, 2.05) is 0 Å². The van der Waals surface area contributed by atoms with Gasteiger partial charge in [0.2, 0.25) is 10.0 Å². The smallest absolute Gasteiger partial charge is 0.243 e. The number of hydrogen-bond acceptors (Lipinski definition) is 6. The minimum atomic E-state index is -3.54. The van der Waals surface area contributed by atoms with Gasteiger partial charge in [0.15, 0.2) is 17.8 Å². The molecular formula is C14H16N2O5S. The van der Waals surface area contributed by atoms with Gasteiger partial charge < -0.3 is 13.9 Å². The fraction of sp³-hybridized carbons (Fsp3) is 0.500. The Kier molecular flexibility index (Phi) is 3.23. The lowest BCUT2D eigenvalue weighted by Crippen LogP contribution is -2.47. The van der Waals surface area contributed by atoms with Crippen molar-refractivity contribution in [2.45, 2.75) is 23.5 Å². The minimum Gasteiger partial charge on any atom is -0.443 e. The Bertz CT molecular complexity index is 784. The molecule has 118 valence electrons. The van der Waals surface area contributed by atoms with Crippen LogP contribution >= 0.6 is 0 Å².